The van der Waals surface area contributed by atoms with Gasteiger partial charge >= 0.3 is 0 Å². The van der Waals surface area contributed by atoms with Crippen LogP contribution in [-0.4, -0.2) is 48.1 Å². The van der Waals surface area contributed by atoms with Crippen molar-refractivity contribution in [1.82, 2.24) is 9.80 Å². The maximum atomic E-state index is 6.16. The molecule has 0 amide bonds. The van der Waals surface area contributed by atoms with Gasteiger partial charge in [-0.1, -0.05) is 28.1 Å². The van der Waals surface area contributed by atoms with Crippen LogP contribution >= 0.6 is 15.9 Å². The third kappa shape index (κ3) is 3.04. The Hall–Kier alpha value is -0.420. The molecule has 2 N–H and O–H groups in total. The SMILES string of the molecule is Cc1cc(C(CN)N2CC3CCCN3CC2C)ccc1Br. The standard InChI is InChI=1S/C17H26BrN3/c1-12-8-14(5-6-16(12)18)17(9-19)21-11-15-4-3-7-20(15)10-13(21)2/h5-6,8,13,15,17H,3-4,7,9-11,19H2,1-2H3. The molecule has 21 heavy (non-hydrogen) atoms. The second-order valence-corrected chi connectivity index (χ2v) is 7.45. The number of halogens is 1. The number of piperazine rings is 1. The quantitative estimate of drug-likeness (QED) is 0.908. The van der Waals surface area contributed by atoms with Crippen LogP contribution in [0, 0.1) is 6.92 Å². The Morgan fingerprint density at radius 1 is 1.38 bits per heavy atom. The lowest BCUT2D eigenvalue weighted by Crippen LogP contribution is -2.56. The molecule has 3 nitrogen and oxygen atoms in total. The predicted molar refractivity (Wildman–Crippen MR) is 91.4 cm³/mol. The number of benzene rings is 1. The summed E-state index contributed by atoms with van der Waals surface area (Å²) in [5, 5.41) is 0. The van der Waals surface area contributed by atoms with Gasteiger partial charge in [0, 0.05) is 42.2 Å². The molecule has 116 valence electrons. The molecule has 0 spiro atoms. The number of nitrogens with zero attached hydrogens (tertiary/aromatic N) is 2. The Bertz CT molecular complexity index is 505. The van der Waals surface area contributed by atoms with Gasteiger partial charge in [-0.3, -0.25) is 9.80 Å². The third-order valence-corrected chi connectivity index (χ3v) is 6.07. The normalized spacial score (nSPS) is 28.6. The van der Waals surface area contributed by atoms with E-state index in [4.69, 9.17) is 5.73 Å². The first-order valence-electron chi connectivity index (χ1n) is 8.06. The highest BCUT2D eigenvalue weighted by atomic mass is 79.9. The molecule has 2 heterocycles. The second kappa shape index (κ2) is 6.37. The van der Waals surface area contributed by atoms with Gasteiger partial charge < -0.3 is 5.73 Å². The van der Waals surface area contributed by atoms with Crippen LogP contribution in [0.2, 0.25) is 0 Å². The van der Waals surface area contributed by atoms with Gasteiger partial charge in [0.2, 0.25) is 0 Å². The van der Waals surface area contributed by atoms with E-state index in [1.807, 2.05) is 0 Å². The number of hydrogen-bond donors (Lipinski definition) is 1. The van der Waals surface area contributed by atoms with E-state index < -0.39 is 0 Å². The van der Waals surface area contributed by atoms with E-state index >= 15 is 0 Å². The zero-order valence-electron chi connectivity index (χ0n) is 13.1. The van der Waals surface area contributed by atoms with Crippen LogP contribution < -0.4 is 5.73 Å². The van der Waals surface area contributed by atoms with Crippen LogP contribution in [0.1, 0.15) is 36.9 Å². The van der Waals surface area contributed by atoms with Gasteiger partial charge in [0.05, 0.1) is 0 Å². The molecule has 3 atom stereocenters. The van der Waals surface area contributed by atoms with Crippen LogP contribution in [0.4, 0.5) is 0 Å². The summed E-state index contributed by atoms with van der Waals surface area (Å²) in [7, 11) is 0. The van der Waals surface area contributed by atoms with Gasteiger partial charge in [0.25, 0.3) is 0 Å². The van der Waals surface area contributed by atoms with Crippen molar-refractivity contribution < 1.29 is 0 Å². The third-order valence-electron chi connectivity index (χ3n) is 5.18. The van der Waals surface area contributed by atoms with Gasteiger partial charge in [-0.15, -0.1) is 0 Å². The summed E-state index contributed by atoms with van der Waals surface area (Å²) in [6.07, 6.45) is 2.70. The minimum absolute atomic E-state index is 0.342. The number of hydrogen-bond acceptors (Lipinski definition) is 3. The fourth-order valence-electron chi connectivity index (χ4n) is 3.98. The molecule has 0 aliphatic carbocycles. The minimum atomic E-state index is 0.342. The molecule has 0 saturated carbocycles. The molecule has 1 aromatic rings. The van der Waals surface area contributed by atoms with E-state index in [9.17, 15) is 0 Å². The van der Waals surface area contributed by atoms with Crippen LogP contribution in [0.25, 0.3) is 0 Å². The Morgan fingerprint density at radius 2 is 2.19 bits per heavy atom. The number of aryl methyl sites for hydroxylation is 1. The average Bonchev–Trinajstić information content (AvgIpc) is 2.90. The molecule has 2 fully saturated rings. The molecule has 2 saturated heterocycles. The van der Waals surface area contributed by atoms with Gasteiger partial charge in [-0.25, -0.2) is 0 Å². The summed E-state index contributed by atoms with van der Waals surface area (Å²) in [5.74, 6) is 0. The summed E-state index contributed by atoms with van der Waals surface area (Å²) in [5.41, 5.74) is 8.80. The molecule has 3 rings (SSSR count). The summed E-state index contributed by atoms with van der Waals surface area (Å²) < 4.78 is 1.18. The van der Waals surface area contributed by atoms with Crippen molar-refractivity contribution >= 4 is 15.9 Å². The predicted octanol–water partition coefficient (Wildman–Crippen LogP) is 2.93. The zero-order chi connectivity index (χ0) is 15.0. The largest absolute Gasteiger partial charge is 0.329 e. The second-order valence-electron chi connectivity index (χ2n) is 6.60. The molecule has 1 aromatic carbocycles. The summed E-state index contributed by atoms with van der Waals surface area (Å²) in [6, 6.07) is 8.33. The maximum absolute atomic E-state index is 6.16. The van der Waals surface area contributed by atoms with Crippen LogP contribution in [-0.2, 0) is 0 Å². The Labute approximate surface area is 136 Å². The smallest absolute Gasteiger partial charge is 0.0474 e. The molecular weight excluding hydrogens is 326 g/mol. The van der Waals surface area contributed by atoms with Crippen molar-refractivity contribution in [2.45, 2.75) is 44.8 Å². The molecule has 0 aromatic heterocycles. The van der Waals surface area contributed by atoms with Gasteiger partial charge in [-0.2, -0.15) is 0 Å². The Balaban J connectivity index is 1.83. The van der Waals surface area contributed by atoms with Crippen LogP contribution in [0.3, 0.4) is 0 Å². The first kappa shape index (κ1) is 15.5. The Kier molecular flexibility index (Phi) is 4.69. The molecule has 3 unspecified atom stereocenters. The van der Waals surface area contributed by atoms with Gasteiger partial charge in [-0.05, 0) is 50.4 Å². The maximum Gasteiger partial charge on any atom is 0.0474 e. The van der Waals surface area contributed by atoms with E-state index in [0.29, 0.717) is 18.6 Å². The van der Waals surface area contributed by atoms with E-state index in [1.54, 1.807) is 0 Å². The number of rotatable bonds is 3. The van der Waals surface area contributed by atoms with Crippen molar-refractivity contribution in [3.63, 3.8) is 0 Å². The monoisotopic (exact) mass is 351 g/mol. The Morgan fingerprint density at radius 3 is 2.90 bits per heavy atom. The van der Waals surface area contributed by atoms with Crippen LogP contribution in [0.15, 0.2) is 22.7 Å². The fourth-order valence-corrected chi connectivity index (χ4v) is 4.23. The van der Waals surface area contributed by atoms with Crippen molar-refractivity contribution in [3.8, 4) is 0 Å². The topological polar surface area (TPSA) is 32.5 Å². The van der Waals surface area contributed by atoms with Crippen molar-refractivity contribution in [3.05, 3.63) is 33.8 Å². The lowest BCUT2D eigenvalue weighted by Gasteiger charge is -2.46. The lowest BCUT2D eigenvalue weighted by atomic mass is 9.98. The summed E-state index contributed by atoms with van der Waals surface area (Å²) in [4.78, 5) is 5.30. The van der Waals surface area contributed by atoms with Gasteiger partial charge in [0.1, 0.15) is 0 Å². The van der Waals surface area contributed by atoms with E-state index in [0.717, 1.165) is 12.6 Å². The summed E-state index contributed by atoms with van der Waals surface area (Å²) >= 11 is 3.59. The molecule has 0 radical (unpaired) electrons. The molecule has 2 aliphatic rings. The van der Waals surface area contributed by atoms with E-state index in [1.165, 1.54) is 41.5 Å². The first-order valence-corrected chi connectivity index (χ1v) is 8.85. The fraction of sp³-hybridized carbons (Fsp3) is 0.647. The highest BCUT2D eigenvalue weighted by Crippen LogP contribution is 2.32. The van der Waals surface area contributed by atoms with Crippen molar-refractivity contribution in [1.29, 1.82) is 0 Å². The average molecular weight is 352 g/mol. The van der Waals surface area contributed by atoms with E-state index in [2.05, 4.69) is 57.8 Å². The number of nitrogens with two attached hydrogens (primary N) is 1. The molecule has 2 aliphatic heterocycles. The van der Waals surface area contributed by atoms with E-state index in [-0.39, 0.29) is 0 Å². The van der Waals surface area contributed by atoms with Crippen molar-refractivity contribution in [2.24, 2.45) is 5.73 Å². The van der Waals surface area contributed by atoms with Crippen molar-refractivity contribution in [2.75, 3.05) is 26.2 Å². The molecule has 0 bridgehead atoms. The molecule has 4 heteroatoms. The van der Waals surface area contributed by atoms with Crippen LogP contribution in [0.5, 0.6) is 0 Å². The highest BCUT2D eigenvalue weighted by molar-refractivity contribution is 9.10. The first-order chi connectivity index (χ1) is 10.1. The summed E-state index contributed by atoms with van der Waals surface area (Å²) in [6.45, 7) is 8.84. The minimum Gasteiger partial charge on any atom is -0.329 e. The molecular formula is C17H26BrN3. The van der Waals surface area contributed by atoms with Gasteiger partial charge in [0.15, 0.2) is 0 Å². The highest BCUT2D eigenvalue weighted by Gasteiger charge is 2.37. The number of fused-ring (bicyclic) bond motifs is 1. The zero-order valence-corrected chi connectivity index (χ0v) is 14.6. The lowest BCUT2D eigenvalue weighted by molar-refractivity contribution is 0.0296.